The minimum absolute atomic E-state index is 0.228. The molecule has 2 N–H and O–H groups in total. The van der Waals surface area contributed by atoms with Gasteiger partial charge >= 0.3 is 0 Å². The summed E-state index contributed by atoms with van der Waals surface area (Å²) in [6.45, 7) is 4.55. The SMILES string of the molecule is COCCNCC(O)CSC1CCCC(C)C1. The second-order valence-electron chi connectivity index (χ2n) is 5.08. The van der Waals surface area contributed by atoms with Crippen LogP contribution in [-0.2, 0) is 4.74 Å². The van der Waals surface area contributed by atoms with Crippen LogP contribution >= 0.6 is 11.8 Å². The summed E-state index contributed by atoms with van der Waals surface area (Å²) >= 11 is 1.95. The number of aliphatic hydroxyl groups excluding tert-OH is 1. The molecule has 3 atom stereocenters. The molecule has 0 bridgehead atoms. The molecule has 1 aliphatic rings. The van der Waals surface area contributed by atoms with E-state index in [1.807, 2.05) is 11.8 Å². The van der Waals surface area contributed by atoms with Gasteiger partial charge in [0, 0.05) is 31.2 Å². The number of rotatable bonds is 8. The summed E-state index contributed by atoms with van der Waals surface area (Å²) in [5, 5.41) is 13.8. The highest BCUT2D eigenvalue weighted by Gasteiger charge is 2.19. The molecule has 3 unspecified atom stereocenters. The monoisotopic (exact) mass is 261 g/mol. The van der Waals surface area contributed by atoms with E-state index in [0.717, 1.165) is 23.5 Å². The molecule has 0 aliphatic heterocycles. The molecular formula is C13H27NO2S. The van der Waals surface area contributed by atoms with E-state index in [1.54, 1.807) is 7.11 Å². The first-order valence-corrected chi connectivity index (χ1v) is 7.76. The highest BCUT2D eigenvalue weighted by molar-refractivity contribution is 7.99. The largest absolute Gasteiger partial charge is 0.391 e. The molecule has 0 aromatic heterocycles. The zero-order chi connectivity index (χ0) is 12.5. The van der Waals surface area contributed by atoms with Crippen molar-refractivity contribution in [1.82, 2.24) is 5.32 Å². The summed E-state index contributed by atoms with van der Waals surface area (Å²) in [7, 11) is 1.69. The quantitative estimate of drug-likeness (QED) is 0.655. The van der Waals surface area contributed by atoms with Crippen molar-refractivity contribution in [2.24, 2.45) is 5.92 Å². The molecule has 0 spiro atoms. The Morgan fingerprint density at radius 3 is 3.00 bits per heavy atom. The van der Waals surface area contributed by atoms with Gasteiger partial charge in [0.05, 0.1) is 12.7 Å². The van der Waals surface area contributed by atoms with Crippen molar-refractivity contribution in [3.8, 4) is 0 Å². The third kappa shape index (κ3) is 7.29. The lowest BCUT2D eigenvalue weighted by atomic mass is 9.91. The molecule has 1 rings (SSSR count). The predicted molar refractivity (Wildman–Crippen MR) is 74.6 cm³/mol. The molecule has 1 fully saturated rings. The van der Waals surface area contributed by atoms with Crippen LogP contribution in [0.25, 0.3) is 0 Å². The van der Waals surface area contributed by atoms with E-state index in [2.05, 4.69) is 12.2 Å². The fraction of sp³-hybridized carbons (Fsp3) is 1.00. The maximum atomic E-state index is 9.82. The molecule has 0 amide bonds. The van der Waals surface area contributed by atoms with Crippen molar-refractivity contribution in [2.75, 3.05) is 32.6 Å². The Morgan fingerprint density at radius 2 is 2.29 bits per heavy atom. The fourth-order valence-electron chi connectivity index (χ4n) is 2.28. The number of ether oxygens (including phenoxy) is 1. The van der Waals surface area contributed by atoms with Crippen LogP contribution in [0.15, 0.2) is 0 Å². The highest BCUT2D eigenvalue weighted by atomic mass is 32.2. The van der Waals surface area contributed by atoms with Crippen LogP contribution in [0.3, 0.4) is 0 Å². The van der Waals surface area contributed by atoms with Crippen molar-refractivity contribution in [3.63, 3.8) is 0 Å². The minimum Gasteiger partial charge on any atom is -0.391 e. The van der Waals surface area contributed by atoms with Gasteiger partial charge in [0.15, 0.2) is 0 Å². The fourth-order valence-corrected chi connectivity index (χ4v) is 3.69. The molecule has 0 aromatic rings. The molecule has 4 heteroatoms. The summed E-state index contributed by atoms with van der Waals surface area (Å²) in [5.41, 5.74) is 0. The average molecular weight is 261 g/mol. The number of methoxy groups -OCH3 is 1. The normalized spacial score (nSPS) is 27.0. The number of nitrogens with one attached hydrogen (secondary N) is 1. The first-order valence-electron chi connectivity index (χ1n) is 6.71. The average Bonchev–Trinajstić information content (AvgIpc) is 2.32. The minimum atomic E-state index is -0.228. The van der Waals surface area contributed by atoms with Crippen LogP contribution in [0.2, 0.25) is 0 Å². The van der Waals surface area contributed by atoms with E-state index in [4.69, 9.17) is 4.74 Å². The van der Waals surface area contributed by atoms with Gasteiger partial charge in [-0.2, -0.15) is 11.8 Å². The topological polar surface area (TPSA) is 41.5 Å². The molecule has 0 heterocycles. The standard InChI is InChI=1S/C13H27NO2S/c1-11-4-3-5-13(8-11)17-10-12(15)9-14-6-7-16-2/h11-15H,3-10H2,1-2H3. The van der Waals surface area contributed by atoms with Crippen molar-refractivity contribution >= 4 is 11.8 Å². The Morgan fingerprint density at radius 1 is 1.47 bits per heavy atom. The smallest absolute Gasteiger partial charge is 0.0754 e. The summed E-state index contributed by atoms with van der Waals surface area (Å²) in [4.78, 5) is 0. The summed E-state index contributed by atoms with van der Waals surface area (Å²) in [6, 6.07) is 0. The molecular weight excluding hydrogens is 234 g/mol. The lowest BCUT2D eigenvalue weighted by molar-refractivity contribution is 0.175. The maximum Gasteiger partial charge on any atom is 0.0754 e. The molecule has 102 valence electrons. The molecule has 1 aliphatic carbocycles. The zero-order valence-corrected chi connectivity index (χ0v) is 12.0. The van der Waals surface area contributed by atoms with E-state index in [1.165, 1.54) is 25.7 Å². The van der Waals surface area contributed by atoms with Crippen LogP contribution < -0.4 is 5.32 Å². The number of aliphatic hydroxyl groups is 1. The van der Waals surface area contributed by atoms with Gasteiger partial charge in [0.1, 0.15) is 0 Å². The van der Waals surface area contributed by atoms with E-state index in [0.29, 0.717) is 13.2 Å². The van der Waals surface area contributed by atoms with Crippen LogP contribution in [-0.4, -0.2) is 49.0 Å². The second kappa shape index (κ2) is 9.20. The van der Waals surface area contributed by atoms with Crippen LogP contribution in [0.5, 0.6) is 0 Å². The zero-order valence-electron chi connectivity index (χ0n) is 11.2. The lowest BCUT2D eigenvalue weighted by Gasteiger charge is -2.26. The molecule has 0 saturated heterocycles. The van der Waals surface area contributed by atoms with Gasteiger partial charge < -0.3 is 15.2 Å². The summed E-state index contributed by atoms with van der Waals surface area (Å²) in [6.07, 6.45) is 5.18. The number of hydrogen-bond acceptors (Lipinski definition) is 4. The van der Waals surface area contributed by atoms with Gasteiger partial charge in [0.25, 0.3) is 0 Å². The summed E-state index contributed by atoms with van der Waals surface area (Å²) < 4.78 is 4.94. The first kappa shape index (κ1) is 15.3. The third-order valence-corrected chi connectivity index (χ3v) is 4.75. The van der Waals surface area contributed by atoms with Crippen molar-refractivity contribution in [3.05, 3.63) is 0 Å². The molecule has 1 saturated carbocycles. The van der Waals surface area contributed by atoms with Crippen molar-refractivity contribution in [1.29, 1.82) is 0 Å². The van der Waals surface area contributed by atoms with Crippen LogP contribution in [0, 0.1) is 5.92 Å². The van der Waals surface area contributed by atoms with Gasteiger partial charge in [-0.1, -0.05) is 19.8 Å². The van der Waals surface area contributed by atoms with Crippen LogP contribution in [0.4, 0.5) is 0 Å². The molecule has 3 nitrogen and oxygen atoms in total. The molecule has 0 aromatic carbocycles. The van der Waals surface area contributed by atoms with E-state index >= 15 is 0 Å². The Balaban J connectivity index is 2.00. The number of hydrogen-bond donors (Lipinski definition) is 2. The second-order valence-corrected chi connectivity index (χ2v) is 6.41. The van der Waals surface area contributed by atoms with E-state index < -0.39 is 0 Å². The van der Waals surface area contributed by atoms with Gasteiger partial charge in [-0.15, -0.1) is 0 Å². The van der Waals surface area contributed by atoms with Crippen LogP contribution in [0.1, 0.15) is 32.6 Å². The maximum absolute atomic E-state index is 9.82. The predicted octanol–water partition coefficient (Wildman–Crippen LogP) is 1.90. The van der Waals surface area contributed by atoms with Gasteiger partial charge in [-0.05, 0) is 18.8 Å². The third-order valence-electron chi connectivity index (χ3n) is 3.28. The molecule has 0 radical (unpaired) electrons. The Kier molecular flexibility index (Phi) is 8.27. The van der Waals surface area contributed by atoms with Crippen molar-refractivity contribution < 1.29 is 9.84 Å². The lowest BCUT2D eigenvalue weighted by Crippen LogP contribution is -2.31. The Bertz CT molecular complexity index is 192. The van der Waals surface area contributed by atoms with Gasteiger partial charge in [0.2, 0.25) is 0 Å². The highest BCUT2D eigenvalue weighted by Crippen LogP contribution is 2.32. The Hall–Kier alpha value is 0.230. The molecule has 17 heavy (non-hydrogen) atoms. The van der Waals surface area contributed by atoms with Crippen molar-refractivity contribution in [2.45, 2.75) is 44.0 Å². The van der Waals surface area contributed by atoms with Gasteiger partial charge in [-0.25, -0.2) is 0 Å². The van der Waals surface area contributed by atoms with E-state index in [-0.39, 0.29) is 6.10 Å². The number of thioether (sulfide) groups is 1. The van der Waals surface area contributed by atoms with E-state index in [9.17, 15) is 5.11 Å². The first-order chi connectivity index (χ1) is 8.22. The van der Waals surface area contributed by atoms with Gasteiger partial charge in [-0.3, -0.25) is 0 Å². The Labute approximate surface area is 110 Å². The summed E-state index contributed by atoms with van der Waals surface area (Å²) in [5.74, 6) is 1.73.